The van der Waals surface area contributed by atoms with Crippen LogP contribution in [0.2, 0.25) is 0 Å². The third-order valence-electron chi connectivity index (χ3n) is 5.68. The second-order valence-electron chi connectivity index (χ2n) is 8.01. The van der Waals surface area contributed by atoms with Crippen LogP contribution >= 0.6 is 11.8 Å². The molecule has 2 amide bonds. The maximum atomic E-state index is 12.8. The predicted molar refractivity (Wildman–Crippen MR) is 135 cm³/mol. The lowest BCUT2D eigenvalue weighted by Gasteiger charge is -2.25. The summed E-state index contributed by atoms with van der Waals surface area (Å²) < 4.78 is 5.23. The fourth-order valence-corrected chi connectivity index (χ4v) is 5.04. The maximum Gasteiger partial charge on any atom is 0.255 e. The van der Waals surface area contributed by atoms with Crippen LogP contribution in [0.25, 0.3) is 0 Å². The van der Waals surface area contributed by atoms with Crippen LogP contribution in [0.5, 0.6) is 5.75 Å². The van der Waals surface area contributed by atoms with E-state index in [9.17, 15) is 9.59 Å². The molecule has 1 N–H and O–H groups in total. The Hall–Kier alpha value is -3.25. The number of hydrogen-bond donors (Lipinski definition) is 1. The van der Waals surface area contributed by atoms with Crippen LogP contribution in [0.4, 0.5) is 11.4 Å². The zero-order valence-electron chi connectivity index (χ0n) is 18.9. The molecule has 1 unspecified atom stereocenters. The lowest BCUT2D eigenvalue weighted by Crippen LogP contribution is -2.27. The van der Waals surface area contributed by atoms with E-state index in [1.807, 2.05) is 72.8 Å². The molecular formula is C27H28N2O3S. The Morgan fingerprint density at radius 2 is 1.85 bits per heavy atom. The fraction of sp³-hybridized carbons (Fsp3) is 0.259. The molecule has 0 saturated carbocycles. The molecule has 5 nitrogen and oxygen atoms in total. The minimum Gasteiger partial charge on any atom is -0.497 e. The first-order valence-electron chi connectivity index (χ1n) is 11.2. The highest BCUT2D eigenvalue weighted by molar-refractivity contribution is 8.00. The number of hydrogen-bond acceptors (Lipinski definition) is 4. The van der Waals surface area contributed by atoms with Crippen molar-refractivity contribution >= 4 is 35.0 Å². The second-order valence-corrected chi connectivity index (χ2v) is 9.07. The van der Waals surface area contributed by atoms with Crippen LogP contribution in [0.15, 0.2) is 72.8 Å². The number of carbonyl (C=O) groups is 2. The van der Waals surface area contributed by atoms with Crippen LogP contribution < -0.4 is 15.0 Å². The molecule has 0 aliphatic carbocycles. The predicted octanol–water partition coefficient (Wildman–Crippen LogP) is 6.07. The standard InChI is InChI=1S/C27H28N2O3S/c1-3-4-6-19-9-11-20(12-10-19)26(31)28-22-8-5-7-21(17-22)27-29(25(30)18-33-27)23-13-15-24(32-2)16-14-23/h5,7-17,27H,3-4,6,18H2,1-2H3,(H,28,31). The molecule has 0 bridgehead atoms. The van der Waals surface area contributed by atoms with Crippen LogP contribution in [-0.2, 0) is 11.2 Å². The molecule has 33 heavy (non-hydrogen) atoms. The van der Waals surface area contributed by atoms with Crippen molar-refractivity contribution in [1.82, 2.24) is 0 Å². The molecule has 6 heteroatoms. The maximum absolute atomic E-state index is 12.8. The topological polar surface area (TPSA) is 58.6 Å². The van der Waals surface area contributed by atoms with E-state index in [0.29, 0.717) is 17.0 Å². The summed E-state index contributed by atoms with van der Waals surface area (Å²) in [4.78, 5) is 27.2. The number of anilines is 2. The summed E-state index contributed by atoms with van der Waals surface area (Å²) in [6.07, 6.45) is 3.33. The SMILES string of the molecule is CCCCc1ccc(C(=O)Nc2cccc(C3SCC(=O)N3c3ccc(OC)cc3)c2)cc1. The van der Waals surface area contributed by atoms with Gasteiger partial charge in [0.1, 0.15) is 11.1 Å². The summed E-state index contributed by atoms with van der Waals surface area (Å²) in [6, 6.07) is 23.0. The highest BCUT2D eigenvalue weighted by Crippen LogP contribution is 2.42. The summed E-state index contributed by atoms with van der Waals surface area (Å²) in [7, 11) is 1.62. The van der Waals surface area contributed by atoms with Crippen molar-refractivity contribution in [3.63, 3.8) is 0 Å². The Kier molecular flexibility index (Phi) is 7.35. The zero-order valence-corrected chi connectivity index (χ0v) is 19.7. The second kappa shape index (κ2) is 10.6. The molecule has 0 spiro atoms. The Labute approximate surface area is 199 Å². The molecule has 0 aromatic heterocycles. The van der Waals surface area contributed by atoms with Gasteiger partial charge in [-0.25, -0.2) is 0 Å². The van der Waals surface area contributed by atoms with E-state index in [2.05, 4.69) is 12.2 Å². The average Bonchev–Trinajstić information content (AvgIpc) is 3.24. The summed E-state index contributed by atoms with van der Waals surface area (Å²) in [5.74, 6) is 1.08. The summed E-state index contributed by atoms with van der Waals surface area (Å²) in [5.41, 5.74) is 4.38. The number of ether oxygens (including phenoxy) is 1. The van der Waals surface area contributed by atoms with E-state index in [-0.39, 0.29) is 17.2 Å². The first kappa shape index (κ1) is 22.9. The van der Waals surface area contributed by atoms with E-state index < -0.39 is 0 Å². The fourth-order valence-electron chi connectivity index (χ4n) is 3.87. The van der Waals surface area contributed by atoms with Gasteiger partial charge in [-0.05, 0) is 72.5 Å². The quantitative estimate of drug-likeness (QED) is 0.443. The van der Waals surface area contributed by atoms with Gasteiger partial charge in [0.15, 0.2) is 0 Å². The van der Waals surface area contributed by atoms with Gasteiger partial charge in [0.25, 0.3) is 5.91 Å². The van der Waals surface area contributed by atoms with Crippen molar-refractivity contribution < 1.29 is 14.3 Å². The van der Waals surface area contributed by atoms with E-state index in [1.54, 1.807) is 23.8 Å². The molecule has 170 valence electrons. The van der Waals surface area contributed by atoms with E-state index >= 15 is 0 Å². The number of carbonyl (C=O) groups excluding carboxylic acids is 2. The molecule has 1 fully saturated rings. The molecule has 1 aliphatic rings. The highest BCUT2D eigenvalue weighted by Gasteiger charge is 2.34. The molecule has 1 atom stereocenters. The van der Waals surface area contributed by atoms with E-state index in [0.717, 1.165) is 36.3 Å². The Balaban J connectivity index is 1.49. The van der Waals surface area contributed by atoms with Gasteiger partial charge in [-0.3, -0.25) is 14.5 Å². The molecule has 1 aliphatic heterocycles. The largest absolute Gasteiger partial charge is 0.497 e. The van der Waals surface area contributed by atoms with Crippen molar-refractivity contribution in [1.29, 1.82) is 0 Å². The molecule has 3 aromatic carbocycles. The molecule has 0 radical (unpaired) electrons. The molecule has 3 aromatic rings. The van der Waals surface area contributed by atoms with Gasteiger partial charge in [0.05, 0.1) is 12.9 Å². The Morgan fingerprint density at radius 1 is 1.09 bits per heavy atom. The summed E-state index contributed by atoms with van der Waals surface area (Å²) in [5, 5.41) is 2.85. The van der Waals surface area contributed by atoms with E-state index in [1.165, 1.54) is 5.56 Å². The molecular weight excluding hydrogens is 432 g/mol. The average molecular weight is 461 g/mol. The Bertz CT molecular complexity index is 1110. The highest BCUT2D eigenvalue weighted by atomic mass is 32.2. The number of amides is 2. The van der Waals surface area contributed by atoms with Crippen molar-refractivity contribution in [2.45, 2.75) is 31.6 Å². The number of nitrogens with one attached hydrogen (secondary N) is 1. The molecule has 1 saturated heterocycles. The number of nitrogens with zero attached hydrogens (tertiary/aromatic N) is 1. The lowest BCUT2D eigenvalue weighted by molar-refractivity contribution is -0.115. The number of benzene rings is 3. The number of methoxy groups -OCH3 is 1. The van der Waals surface area contributed by atoms with Gasteiger partial charge in [-0.1, -0.05) is 37.6 Å². The summed E-state index contributed by atoms with van der Waals surface area (Å²) in [6.45, 7) is 2.17. The van der Waals surface area contributed by atoms with Crippen molar-refractivity contribution in [2.75, 3.05) is 23.1 Å². The third kappa shape index (κ3) is 5.40. The number of unbranched alkanes of at least 4 members (excludes halogenated alkanes) is 1. The smallest absolute Gasteiger partial charge is 0.255 e. The lowest BCUT2D eigenvalue weighted by atomic mass is 10.1. The van der Waals surface area contributed by atoms with Gasteiger partial charge in [-0.2, -0.15) is 0 Å². The van der Waals surface area contributed by atoms with Gasteiger partial charge in [-0.15, -0.1) is 11.8 Å². The number of aryl methyl sites for hydroxylation is 1. The first-order valence-corrected chi connectivity index (χ1v) is 12.2. The molecule has 4 rings (SSSR count). The van der Waals surface area contributed by atoms with Crippen LogP contribution in [0.1, 0.15) is 46.6 Å². The van der Waals surface area contributed by atoms with Gasteiger partial charge in [0, 0.05) is 16.9 Å². The number of thioether (sulfide) groups is 1. The van der Waals surface area contributed by atoms with Crippen molar-refractivity contribution in [2.24, 2.45) is 0 Å². The normalized spacial score (nSPS) is 15.5. The third-order valence-corrected chi connectivity index (χ3v) is 6.90. The van der Waals surface area contributed by atoms with Crippen LogP contribution in [0, 0.1) is 0 Å². The van der Waals surface area contributed by atoms with Gasteiger partial charge < -0.3 is 10.1 Å². The summed E-state index contributed by atoms with van der Waals surface area (Å²) >= 11 is 1.58. The minimum absolute atomic E-state index is 0.0627. The Morgan fingerprint density at radius 3 is 2.55 bits per heavy atom. The van der Waals surface area contributed by atoms with Crippen molar-refractivity contribution in [3.8, 4) is 5.75 Å². The first-order chi connectivity index (χ1) is 16.1. The monoisotopic (exact) mass is 460 g/mol. The van der Waals surface area contributed by atoms with Gasteiger partial charge >= 0.3 is 0 Å². The molecule has 1 heterocycles. The number of rotatable bonds is 8. The van der Waals surface area contributed by atoms with E-state index in [4.69, 9.17) is 4.74 Å². The minimum atomic E-state index is -0.152. The van der Waals surface area contributed by atoms with Gasteiger partial charge in [0.2, 0.25) is 5.91 Å². The van der Waals surface area contributed by atoms with Crippen LogP contribution in [-0.4, -0.2) is 24.7 Å². The zero-order chi connectivity index (χ0) is 23.2. The van der Waals surface area contributed by atoms with Crippen LogP contribution in [0.3, 0.4) is 0 Å². The van der Waals surface area contributed by atoms with Crippen molar-refractivity contribution in [3.05, 3.63) is 89.5 Å².